The van der Waals surface area contributed by atoms with Crippen molar-refractivity contribution in [2.45, 2.75) is 19.3 Å². The Bertz CT molecular complexity index is 876. The average molecular weight is 360 g/mol. The fourth-order valence-corrected chi connectivity index (χ4v) is 3.45. The molecule has 122 valence electrons. The molecular formula is C17H15Cl2N5. The Labute approximate surface area is 149 Å². The third-order valence-electron chi connectivity index (χ3n) is 4.07. The first-order valence-corrected chi connectivity index (χ1v) is 8.57. The van der Waals surface area contributed by atoms with E-state index < -0.39 is 0 Å². The monoisotopic (exact) mass is 359 g/mol. The molecule has 24 heavy (non-hydrogen) atoms. The van der Waals surface area contributed by atoms with Gasteiger partial charge in [-0.25, -0.2) is 4.68 Å². The summed E-state index contributed by atoms with van der Waals surface area (Å²) in [5, 5.41) is 9.43. The Morgan fingerprint density at radius 3 is 2.83 bits per heavy atom. The van der Waals surface area contributed by atoms with Gasteiger partial charge in [0.05, 0.1) is 16.9 Å². The number of hydrogen-bond donors (Lipinski definition) is 1. The number of rotatable bonds is 2. The molecule has 0 spiro atoms. The van der Waals surface area contributed by atoms with Crippen LogP contribution in [0.1, 0.15) is 18.4 Å². The van der Waals surface area contributed by atoms with Crippen LogP contribution >= 0.6 is 23.2 Å². The van der Waals surface area contributed by atoms with Gasteiger partial charge >= 0.3 is 0 Å². The maximum atomic E-state index is 6.40. The van der Waals surface area contributed by atoms with Crippen LogP contribution in [0.5, 0.6) is 0 Å². The molecule has 7 heteroatoms. The second kappa shape index (κ2) is 6.42. The van der Waals surface area contributed by atoms with Crippen molar-refractivity contribution in [1.29, 1.82) is 0 Å². The first-order valence-electron chi connectivity index (χ1n) is 7.81. The number of halogens is 2. The van der Waals surface area contributed by atoms with Crippen LogP contribution in [0.15, 0.2) is 36.8 Å². The lowest BCUT2D eigenvalue weighted by Gasteiger charge is -2.10. The van der Waals surface area contributed by atoms with Gasteiger partial charge in [0.2, 0.25) is 0 Å². The molecule has 0 radical (unpaired) electrons. The summed E-state index contributed by atoms with van der Waals surface area (Å²) in [5.74, 6) is 0.970. The van der Waals surface area contributed by atoms with Crippen LogP contribution in [-0.4, -0.2) is 26.3 Å². The molecule has 4 rings (SSSR count). The van der Waals surface area contributed by atoms with Gasteiger partial charge < -0.3 is 5.32 Å². The van der Waals surface area contributed by atoms with Gasteiger partial charge in [-0.15, -0.1) is 0 Å². The molecule has 1 aliphatic rings. The lowest BCUT2D eigenvalue weighted by molar-refractivity contribution is 0.779. The zero-order valence-electron chi connectivity index (χ0n) is 12.8. The van der Waals surface area contributed by atoms with Crippen molar-refractivity contribution in [2.24, 2.45) is 0 Å². The molecule has 3 aromatic rings. The molecule has 3 heterocycles. The smallest absolute Gasteiger partial charge is 0.133 e. The minimum atomic E-state index is 0.560. The maximum absolute atomic E-state index is 6.40. The molecule has 1 N–H and O–H groups in total. The number of hydrogen-bond acceptors (Lipinski definition) is 4. The highest BCUT2D eigenvalue weighted by atomic mass is 35.5. The zero-order chi connectivity index (χ0) is 16.5. The maximum Gasteiger partial charge on any atom is 0.133 e. The van der Waals surface area contributed by atoms with E-state index in [4.69, 9.17) is 28.3 Å². The van der Waals surface area contributed by atoms with E-state index in [2.05, 4.69) is 15.3 Å². The summed E-state index contributed by atoms with van der Waals surface area (Å²) in [6, 6.07) is 5.42. The molecule has 0 saturated heterocycles. The summed E-state index contributed by atoms with van der Waals surface area (Å²) < 4.78 is 1.85. The second-order valence-electron chi connectivity index (χ2n) is 5.66. The molecule has 0 atom stereocenters. The molecule has 0 amide bonds. The average Bonchev–Trinajstić information content (AvgIpc) is 2.78. The Kier molecular flexibility index (Phi) is 4.12. The number of nitrogens with zero attached hydrogens (tertiary/aromatic N) is 4. The Balaban J connectivity index is 1.93. The van der Waals surface area contributed by atoms with E-state index in [-0.39, 0.29) is 0 Å². The molecule has 0 aliphatic carbocycles. The molecule has 0 fully saturated rings. The minimum absolute atomic E-state index is 0.560. The van der Waals surface area contributed by atoms with Crippen LogP contribution in [-0.2, 0) is 6.42 Å². The molecule has 0 bridgehead atoms. The number of anilines is 1. The predicted octanol–water partition coefficient (Wildman–Crippen LogP) is 4.38. The second-order valence-corrected chi connectivity index (χ2v) is 6.50. The van der Waals surface area contributed by atoms with Crippen molar-refractivity contribution >= 4 is 29.0 Å². The highest BCUT2D eigenvalue weighted by Gasteiger charge is 2.23. The summed E-state index contributed by atoms with van der Waals surface area (Å²) in [4.78, 5) is 8.58. The molecule has 0 saturated carbocycles. The highest BCUT2D eigenvalue weighted by molar-refractivity contribution is 6.35. The van der Waals surface area contributed by atoms with Crippen molar-refractivity contribution in [3.05, 3.63) is 52.4 Å². The van der Waals surface area contributed by atoms with E-state index in [0.29, 0.717) is 10.0 Å². The van der Waals surface area contributed by atoms with Crippen LogP contribution in [0.2, 0.25) is 10.0 Å². The van der Waals surface area contributed by atoms with E-state index in [1.165, 1.54) is 0 Å². The third kappa shape index (κ3) is 2.74. The van der Waals surface area contributed by atoms with Crippen LogP contribution < -0.4 is 5.32 Å². The number of nitrogens with one attached hydrogen (secondary N) is 1. The van der Waals surface area contributed by atoms with Crippen LogP contribution in [0, 0.1) is 0 Å². The lowest BCUT2D eigenvalue weighted by Crippen LogP contribution is -2.07. The van der Waals surface area contributed by atoms with Gasteiger partial charge in [0.25, 0.3) is 0 Å². The van der Waals surface area contributed by atoms with Gasteiger partial charge in [0.1, 0.15) is 17.2 Å². The lowest BCUT2D eigenvalue weighted by atomic mass is 10.1. The van der Waals surface area contributed by atoms with Crippen molar-refractivity contribution < 1.29 is 0 Å². The first-order chi connectivity index (χ1) is 11.7. The van der Waals surface area contributed by atoms with Crippen LogP contribution in [0.3, 0.4) is 0 Å². The first kappa shape index (κ1) is 15.4. The van der Waals surface area contributed by atoms with Gasteiger partial charge in [-0.2, -0.15) is 5.10 Å². The Hall–Kier alpha value is -2.11. The van der Waals surface area contributed by atoms with Gasteiger partial charge in [-0.1, -0.05) is 23.2 Å². The zero-order valence-corrected chi connectivity index (χ0v) is 14.3. The summed E-state index contributed by atoms with van der Waals surface area (Å²) in [6.45, 7) is 0.907. The van der Waals surface area contributed by atoms with Gasteiger partial charge in [-0.3, -0.25) is 9.97 Å². The van der Waals surface area contributed by atoms with Gasteiger partial charge in [-0.05, 0) is 37.5 Å². The van der Waals surface area contributed by atoms with E-state index in [0.717, 1.165) is 54.3 Å². The Morgan fingerprint density at radius 2 is 2.04 bits per heavy atom. The van der Waals surface area contributed by atoms with Gasteiger partial charge in [0.15, 0.2) is 0 Å². The molecule has 1 aliphatic heterocycles. The quantitative estimate of drug-likeness (QED) is 0.737. The molecule has 0 unspecified atom stereocenters. The highest BCUT2D eigenvalue weighted by Crippen LogP contribution is 2.35. The largest absolute Gasteiger partial charge is 0.370 e. The van der Waals surface area contributed by atoms with E-state index in [1.807, 2.05) is 16.8 Å². The van der Waals surface area contributed by atoms with Crippen molar-refractivity contribution in [2.75, 3.05) is 11.9 Å². The number of benzene rings is 1. The molecular weight excluding hydrogens is 345 g/mol. The third-order valence-corrected chi connectivity index (χ3v) is 4.61. The summed E-state index contributed by atoms with van der Waals surface area (Å²) in [5.41, 5.74) is 3.56. The molecule has 1 aromatic carbocycles. The van der Waals surface area contributed by atoms with Crippen molar-refractivity contribution in [3.63, 3.8) is 0 Å². The van der Waals surface area contributed by atoms with Crippen molar-refractivity contribution in [3.8, 4) is 17.1 Å². The van der Waals surface area contributed by atoms with Crippen LogP contribution in [0.25, 0.3) is 17.1 Å². The van der Waals surface area contributed by atoms with E-state index >= 15 is 0 Å². The standard InChI is InChI=1S/C17H15Cl2N5/c18-11-4-5-15(13(19)9-11)24-17-12(3-1-2-6-22-17)16(23-24)14-10-20-7-8-21-14/h4-5,7-10,22H,1-3,6H2. The normalized spacial score (nSPS) is 13.9. The molecule has 2 aromatic heterocycles. The van der Waals surface area contributed by atoms with E-state index in [9.17, 15) is 0 Å². The Morgan fingerprint density at radius 1 is 1.12 bits per heavy atom. The number of aromatic nitrogens is 4. The number of fused-ring (bicyclic) bond motifs is 1. The topological polar surface area (TPSA) is 55.6 Å². The fraction of sp³-hybridized carbons (Fsp3) is 0.235. The fourth-order valence-electron chi connectivity index (χ4n) is 2.96. The molecule has 5 nitrogen and oxygen atoms in total. The predicted molar refractivity (Wildman–Crippen MR) is 96.0 cm³/mol. The van der Waals surface area contributed by atoms with Crippen LogP contribution in [0.4, 0.5) is 5.82 Å². The SMILES string of the molecule is Clc1ccc(-n2nc(-c3cnccn3)c3c2NCCCC3)c(Cl)c1. The summed E-state index contributed by atoms with van der Waals surface area (Å²) >= 11 is 12.4. The van der Waals surface area contributed by atoms with E-state index in [1.54, 1.807) is 24.7 Å². The summed E-state index contributed by atoms with van der Waals surface area (Å²) in [6.07, 6.45) is 8.24. The summed E-state index contributed by atoms with van der Waals surface area (Å²) in [7, 11) is 0. The minimum Gasteiger partial charge on any atom is -0.370 e. The van der Waals surface area contributed by atoms with Gasteiger partial charge in [0, 0.05) is 29.5 Å². The van der Waals surface area contributed by atoms with Crippen molar-refractivity contribution in [1.82, 2.24) is 19.7 Å².